The summed E-state index contributed by atoms with van der Waals surface area (Å²) in [6, 6.07) is 8.15. The molecule has 1 aliphatic carbocycles. The fraction of sp³-hybridized carbons (Fsp3) is 0.533. The van der Waals surface area contributed by atoms with Crippen LogP contribution in [0.15, 0.2) is 24.3 Å². The van der Waals surface area contributed by atoms with E-state index < -0.39 is 0 Å². The summed E-state index contributed by atoms with van der Waals surface area (Å²) in [5.74, 6) is 0.823. The van der Waals surface area contributed by atoms with Crippen molar-refractivity contribution in [1.29, 1.82) is 0 Å². The largest absolute Gasteiger partial charge is 0.339 e. The lowest BCUT2D eigenvalue weighted by atomic mass is 10.1. The molecule has 1 fully saturated rings. The van der Waals surface area contributed by atoms with Gasteiger partial charge in [-0.1, -0.05) is 12.1 Å². The Morgan fingerprint density at radius 1 is 1.39 bits per heavy atom. The maximum Gasteiger partial charge on any atom is 0.253 e. The number of carbonyl (C=O) groups excluding carboxylic acids is 1. The van der Waals surface area contributed by atoms with Gasteiger partial charge in [-0.15, -0.1) is 0 Å². The molecule has 0 radical (unpaired) electrons. The van der Waals surface area contributed by atoms with E-state index in [0.717, 1.165) is 12.0 Å². The van der Waals surface area contributed by atoms with Gasteiger partial charge in [-0.2, -0.15) is 0 Å². The van der Waals surface area contributed by atoms with Crippen LogP contribution in [0.2, 0.25) is 0 Å². The predicted molar refractivity (Wildman–Crippen MR) is 73.5 cm³/mol. The van der Waals surface area contributed by atoms with E-state index in [-0.39, 0.29) is 5.91 Å². The van der Waals surface area contributed by atoms with Crippen molar-refractivity contribution in [1.82, 2.24) is 4.90 Å². The van der Waals surface area contributed by atoms with Gasteiger partial charge in [0.25, 0.3) is 5.91 Å². The maximum absolute atomic E-state index is 12.3. The summed E-state index contributed by atoms with van der Waals surface area (Å²) >= 11 is 0. The molecule has 1 atom stereocenters. The third-order valence-corrected chi connectivity index (χ3v) is 3.87. The normalized spacial score (nSPS) is 16.4. The fourth-order valence-corrected chi connectivity index (χ4v) is 2.26. The third-order valence-electron chi connectivity index (χ3n) is 3.87. The summed E-state index contributed by atoms with van der Waals surface area (Å²) in [6.45, 7) is 2.78. The third kappa shape index (κ3) is 2.91. The molecule has 0 spiro atoms. The molecular weight excluding hydrogens is 224 g/mol. The molecule has 0 bridgehead atoms. The molecular formula is C15H22N2O. The molecule has 1 aromatic carbocycles. The Bertz CT molecular complexity index is 409. The minimum Gasteiger partial charge on any atom is -0.339 e. The van der Waals surface area contributed by atoms with Crippen LogP contribution in [0.5, 0.6) is 0 Å². The fourth-order valence-electron chi connectivity index (χ4n) is 2.26. The number of hydrogen-bond acceptors (Lipinski definition) is 2. The second-order valence-corrected chi connectivity index (χ2v) is 5.23. The summed E-state index contributed by atoms with van der Waals surface area (Å²) in [5, 5.41) is 0. The van der Waals surface area contributed by atoms with Crippen molar-refractivity contribution < 1.29 is 4.79 Å². The van der Waals surface area contributed by atoms with Gasteiger partial charge in [0.05, 0.1) is 0 Å². The quantitative estimate of drug-likeness (QED) is 0.864. The molecule has 3 nitrogen and oxygen atoms in total. The highest BCUT2D eigenvalue weighted by molar-refractivity contribution is 5.94. The van der Waals surface area contributed by atoms with Crippen molar-refractivity contribution in [2.45, 2.75) is 32.2 Å². The Morgan fingerprint density at radius 2 is 2.00 bits per heavy atom. The van der Waals surface area contributed by atoms with Gasteiger partial charge in [0.15, 0.2) is 0 Å². The Hall–Kier alpha value is -1.35. The number of nitrogens with two attached hydrogens (primary N) is 1. The summed E-state index contributed by atoms with van der Waals surface area (Å²) in [4.78, 5) is 14.2. The molecule has 3 heteroatoms. The Labute approximate surface area is 109 Å². The highest BCUT2D eigenvalue weighted by Crippen LogP contribution is 2.35. The molecule has 2 N–H and O–H groups in total. The van der Waals surface area contributed by atoms with E-state index in [9.17, 15) is 4.79 Å². The highest BCUT2D eigenvalue weighted by atomic mass is 16.2. The SMILES string of the molecule is CC(C1CC1)N(C)C(=O)c1ccc(CCN)cc1. The van der Waals surface area contributed by atoms with E-state index in [4.69, 9.17) is 5.73 Å². The van der Waals surface area contributed by atoms with Crippen LogP contribution in [0.1, 0.15) is 35.7 Å². The summed E-state index contributed by atoms with van der Waals surface area (Å²) < 4.78 is 0. The van der Waals surface area contributed by atoms with Crippen molar-refractivity contribution in [2.24, 2.45) is 11.7 Å². The van der Waals surface area contributed by atoms with Crippen LogP contribution in [-0.4, -0.2) is 30.4 Å². The Morgan fingerprint density at radius 3 is 2.50 bits per heavy atom. The lowest BCUT2D eigenvalue weighted by Gasteiger charge is -2.25. The molecule has 1 unspecified atom stereocenters. The van der Waals surface area contributed by atoms with E-state index in [1.165, 1.54) is 18.4 Å². The van der Waals surface area contributed by atoms with Crippen molar-refractivity contribution >= 4 is 5.91 Å². The number of hydrogen-bond donors (Lipinski definition) is 1. The van der Waals surface area contributed by atoms with Gasteiger partial charge in [0.1, 0.15) is 0 Å². The Balaban J connectivity index is 2.03. The molecule has 2 rings (SSSR count). The van der Waals surface area contributed by atoms with Gasteiger partial charge >= 0.3 is 0 Å². The number of rotatable bonds is 5. The highest BCUT2D eigenvalue weighted by Gasteiger charge is 2.32. The maximum atomic E-state index is 12.3. The number of nitrogens with zero attached hydrogens (tertiary/aromatic N) is 1. The van der Waals surface area contributed by atoms with Gasteiger partial charge in [0.2, 0.25) is 0 Å². The summed E-state index contributed by atoms with van der Waals surface area (Å²) in [6.07, 6.45) is 3.38. The second-order valence-electron chi connectivity index (χ2n) is 5.23. The number of amides is 1. The van der Waals surface area contributed by atoms with E-state index in [1.54, 1.807) is 0 Å². The van der Waals surface area contributed by atoms with Crippen LogP contribution in [0, 0.1) is 5.92 Å². The molecule has 98 valence electrons. The zero-order valence-corrected chi connectivity index (χ0v) is 11.2. The lowest BCUT2D eigenvalue weighted by molar-refractivity contribution is 0.0727. The second kappa shape index (κ2) is 5.53. The van der Waals surface area contributed by atoms with Crippen LogP contribution in [0.3, 0.4) is 0 Å². The van der Waals surface area contributed by atoms with Crippen molar-refractivity contribution in [3.8, 4) is 0 Å². The van der Waals surface area contributed by atoms with Crippen LogP contribution >= 0.6 is 0 Å². The van der Waals surface area contributed by atoms with Gasteiger partial charge < -0.3 is 10.6 Å². The number of carbonyl (C=O) groups is 1. The van der Waals surface area contributed by atoms with Crippen LogP contribution < -0.4 is 5.73 Å². The molecule has 0 aliphatic heterocycles. The minimum absolute atomic E-state index is 0.119. The Kier molecular flexibility index (Phi) is 4.02. The number of benzene rings is 1. The van der Waals surface area contributed by atoms with Crippen LogP contribution in [-0.2, 0) is 6.42 Å². The first kappa shape index (κ1) is 13.1. The van der Waals surface area contributed by atoms with E-state index >= 15 is 0 Å². The summed E-state index contributed by atoms with van der Waals surface area (Å²) in [5.41, 5.74) is 7.47. The van der Waals surface area contributed by atoms with Crippen LogP contribution in [0.4, 0.5) is 0 Å². The van der Waals surface area contributed by atoms with E-state index in [2.05, 4.69) is 6.92 Å². The smallest absolute Gasteiger partial charge is 0.253 e. The molecule has 0 saturated heterocycles. The zero-order chi connectivity index (χ0) is 13.1. The molecule has 0 aromatic heterocycles. The topological polar surface area (TPSA) is 46.3 Å². The monoisotopic (exact) mass is 246 g/mol. The molecule has 1 saturated carbocycles. The average molecular weight is 246 g/mol. The van der Waals surface area contributed by atoms with Crippen molar-refractivity contribution in [3.63, 3.8) is 0 Å². The molecule has 1 amide bonds. The van der Waals surface area contributed by atoms with E-state index in [0.29, 0.717) is 18.5 Å². The van der Waals surface area contributed by atoms with Gasteiger partial charge in [0, 0.05) is 18.7 Å². The van der Waals surface area contributed by atoms with Crippen LogP contribution in [0.25, 0.3) is 0 Å². The van der Waals surface area contributed by atoms with E-state index in [1.807, 2.05) is 36.2 Å². The predicted octanol–water partition coefficient (Wildman–Crippen LogP) is 2.06. The zero-order valence-electron chi connectivity index (χ0n) is 11.2. The average Bonchev–Trinajstić information content (AvgIpc) is 3.22. The molecule has 1 aliphatic rings. The van der Waals surface area contributed by atoms with Crippen molar-refractivity contribution in [3.05, 3.63) is 35.4 Å². The first-order valence-electron chi connectivity index (χ1n) is 6.69. The standard InChI is InChI=1S/C15H22N2O/c1-11(13-7-8-13)17(2)15(18)14-5-3-12(4-6-14)9-10-16/h3-6,11,13H,7-10,16H2,1-2H3. The van der Waals surface area contributed by atoms with Gasteiger partial charge in [-0.25, -0.2) is 0 Å². The molecule has 1 aromatic rings. The van der Waals surface area contributed by atoms with Crippen molar-refractivity contribution in [2.75, 3.05) is 13.6 Å². The first-order chi connectivity index (χ1) is 8.63. The first-order valence-corrected chi connectivity index (χ1v) is 6.69. The minimum atomic E-state index is 0.119. The molecule has 18 heavy (non-hydrogen) atoms. The lowest BCUT2D eigenvalue weighted by Crippen LogP contribution is -2.36. The van der Waals surface area contributed by atoms with Gasteiger partial charge in [-0.3, -0.25) is 4.79 Å². The van der Waals surface area contributed by atoms with Gasteiger partial charge in [-0.05, 0) is 56.3 Å². The summed E-state index contributed by atoms with van der Waals surface area (Å²) in [7, 11) is 1.90. The molecule has 0 heterocycles.